The van der Waals surface area contributed by atoms with E-state index < -0.39 is 16.2 Å². The first-order valence-corrected chi connectivity index (χ1v) is 15.5. The van der Waals surface area contributed by atoms with Gasteiger partial charge in [-0.3, -0.25) is 0 Å². The Balaban J connectivity index is 0.000000913. The van der Waals surface area contributed by atoms with Crippen LogP contribution >= 0.6 is 0 Å². The molecule has 32 heavy (non-hydrogen) atoms. The number of hydrogen-bond donors (Lipinski definition) is 1. The van der Waals surface area contributed by atoms with Crippen LogP contribution in [0.3, 0.4) is 0 Å². The second-order valence-electron chi connectivity index (χ2n) is 7.04. The summed E-state index contributed by atoms with van der Waals surface area (Å²) in [6, 6.07) is 37.9. The van der Waals surface area contributed by atoms with E-state index in [1.54, 1.807) is 0 Å². The van der Waals surface area contributed by atoms with E-state index in [1.807, 2.05) is 135 Å². The Morgan fingerprint density at radius 1 is 0.406 bits per heavy atom. The predicted octanol–water partition coefficient (Wildman–Crippen LogP) is 5.95. The molecule has 162 valence electrons. The van der Waals surface area contributed by atoms with Crippen molar-refractivity contribution in [3.05, 3.63) is 121 Å². The van der Waals surface area contributed by atoms with Gasteiger partial charge >= 0.3 is 175 Å². The Morgan fingerprint density at radius 2 is 0.594 bits per heavy atom. The zero-order valence-electron chi connectivity index (χ0n) is 18.4. The summed E-state index contributed by atoms with van der Waals surface area (Å²) in [7, 11) is 3.75. The van der Waals surface area contributed by atoms with Crippen LogP contribution in [0, 0.1) is 0 Å². The fourth-order valence-electron chi connectivity index (χ4n) is 3.06. The molecule has 4 rings (SSSR count). The fraction of sp³-hybridized carbons (Fsp3) is 0.0769. The van der Waals surface area contributed by atoms with E-state index in [1.165, 1.54) is 0 Å². The van der Waals surface area contributed by atoms with Crippen LogP contribution in [-0.4, -0.2) is 14.1 Å². The van der Waals surface area contributed by atoms with E-state index in [9.17, 15) is 0 Å². The molecule has 0 spiro atoms. The minimum absolute atomic E-state index is 0.635. The van der Waals surface area contributed by atoms with Gasteiger partial charge < -0.3 is 5.32 Å². The van der Waals surface area contributed by atoms with Crippen LogP contribution in [0.2, 0.25) is 0 Å². The molecule has 4 aromatic rings. The van der Waals surface area contributed by atoms with Gasteiger partial charge in [-0.2, -0.15) is 0 Å². The van der Waals surface area contributed by atoms with Gasteiger partial charge in [0.25, 0.3) is 0 Å². The summed E-state index contributed by atoms with van der Waals surface area (Å²) in [5, 5.41) is 2.75. The van der Waals surface area contributed by atoms with Crippen LogP contribution in [-0.2, 0) is 16.2 Å². The molecule has 0 aliphatic rings. The van der Waals surface area contributed by atoms with Crippen molar-refractivity contribution in [2.45, 2.75) is 0 Å². The van der Waals surface area contributed by atoms with Gasteiger partial charge in [0.05, 0.1) is 0 Å². The van der Waals surface area contributed by atoms with Gasteiger partial charge in [-0.15, -0.1) is 0 Å². The summed E-state index contributed by atoms with van der Waals surface area (Å²) in [4.78, 5) is 0. The summed E-state index contributed by atoms with van der Waals surface area (Å²) in [5.41, 5.74) is 0. The maximum atomic E-state index is 6.37. The van der Waals surface area contributed by atoms with Gasteiger partial charge in [-0.25, -0.2) is 0 Å². The molecule has 0 atom stereocenters. The molecule has 0 aliphatic heterocycles. The van der Waals surface area contributed by atoms with Crippen LogP contribution in [0.25, 0.3) is 0 Å². The molecular formula is C26H27NO4Zn. The average molecular weight is 483 g/mol. The molecule has 0 amide bonds. The molecule has 0 radical (unpaired) electrons. The Bertz CT molecular complexity index is 847. The van der Waals surface area contributed by atoms with Crippen molar-refractivity contribution in [1.29, 1.82) is 0 Å². The van der Waals surface area contributed by atoms with Crippen molar-refractivity contribution in [3.63, 3.8) is 0 Å². The van der Waals surface area contributed by atoms with Gasteiger partial charge in [0.1, 0.15) is 0 Å². The molecule has 4 aromatic carbocycles. The third kappa shape index (κ3) is 7.42. The molecule has 0 bridgehead atoms. The molecule has 0 aliphatic carbocycles. The van der Waals surface area contributed by atoms with Crippen LogP contribution < -0.4 is 19.6 Å². The first-order valence-electron chi connectivity index (χ1n) is 10.6. The Hall–Kier alpha value is -3.34. The molecule has 1 N–H and O–H groups in total. The van der Waals surface area contributed by atoms with Crippen LogP contribution in [0.5, 0.6) is 23.0 Å². The molecular weight excluding hydrogens is 456 g/mol. The number of nitrogens with one attached hydrogen (secondary N) is 1. The zero-order valence-corrected chi connectivity index (χ0v) is 21.4. The van der Waals surface area contributed by atoms with E-state index >= 15 is 0 Å². The number of benzene rings is 4. The molecule has 5 nitrogen and oxygen atoms in total. The fourth-order valence-corrected chi connectivity index (χ4v) is 8.84. The molecule has 0 fully saturated rings. The van der Waals surface area contributed by atoms with Crippen molar-refractivity contribution < 1.29 is 30.5 Å². The number of rotatable bonds is 8. The zero-order chi connectivity index (χ0) is 22.5. The third-order valence-corrected chi connectivity index (χ3v) is 10.1. The average Bonchev–Trinajstić information content (AvgIpc) is 2.82. The van der Waals surface area contributed by atoms with Gasteiger partial charge in [0.2, 0.25) is 0 Å². The molecule has 6 heteroatoms. The van der Waals surface area contributed by atoms with E-state index in [-0.39, 0.29) is 0 Å². The molecule has 0 saturated carbocycles. The van der Waals surface area contributed by atoms with Gasteiger partial charge in [0.15, 0.2) is 0 Å². The topological polar surface area (TPSA) is 49.0 Å². The molecule has 0 saturated heterocycles. The van der Waals surface area contributed by atoms with Crippen molar-refractivity contribution >= 4 is 0 Å². The first kappa shape index (κ1) is 23.3. The van der Waals surface area contributed by atoms with E-state index in [4.69, 9.17) is 14.3 Å². The standard InChI is InChI=1S/4C6H6O.C2H7N.Zn/c4*7-6-4-2-1-3-5-6;1-3-2;/h4*1-5,7H;3H,1-2H3;/q;;;;;+4/p-4. The van der Waals surface area contributed by atoms with Crippen LogP contribution in [0.1, 0.15) is 0 Å². The van der Waals surface area contributed by atoms with Crippen molar-refractivity contribution in [3.8, 4) is 23.0 Å². The third-order valence-electron chi connectivity index (χ3n) is 4.35. The van der Waals surface area contributed by atoms with Crippen molar-refractivity contribution in [2.24, 2.45) is 0 Å². The summed E-state index contributed by atoms with van der Waals surface area (Å²) in [5.74, 6) is 2.54. The monoisotopic (exact) mass is 481 g/mol. The Morgan fingerprint density at radius 3 is 0.781 bits per heavy atom. The maximum absolute atomic E-state index is 6.37. The Labute approximate surface area is 194 Å². The predicted molar refractivity (Wildman–Crippen MR) is 123 cm³/mol. The second-order valence-corrected chi connectivity index (χ2v) is 12.4. The quantitative estimate of drug-likeness (QED) is 0.314. The van der Waals surface area contributed by atoms with Gasteiger partial charge in [-0.1, -0.05) is 0 Å². The molecule has 0 unspecified atom stereocenters. The van der Waals surface area contributed by atoms with Crippen molar-refractivity contribution in [2.75, 3.05) is 14.1 Å². The molecule has 0 heterocycles. The summed E-state index contributed by atoms with van der Waals surface area (Å²) in [6.45, 7) is 0. The molecule has 0 aromatic heterocycles. The van der Waals surface area contributed by atoms with Gasteiger partial charge in [0, 0.05) is 0 Å². The summed E-state index contributed by atoms with van der Waals surface area (Å²) in [6.07, 6.45) is 0. The number of hydrogen-bond acceptors (Lipinski definition) is 5. The SMILES string of the molecule is CNC.c1ccc([O][Zn]([O]c2ccccc2)([O]c2ccccc2)[O]c2ccccc2)cc1. The van der Waals surface area contributed by atoms with Crippen molar-refractivity contribution in [1.82, 2.24) is 5.32 Å². The van der Waals surface area contributed by atoms with Crippen LogP contribution in [0.4, 0.5) is 0 Å². The van der Waals surface area contributed by atoms with E-state index in [0.717, 1.165) is 0 Å². The van der Waals surface area contributed by atoms with Crippen LogP contribution in [0.15, 0.2) is 121 Å². The summed E-state index contributed by atoms with van der Waals surface area (Å²) >= 11 is -4.84. The first-order chi connectivity index (χ1) is 15.7. The normalized spacial score (nSPS) is 9.81. The van der Waals surface area contributed by atoms with E-state index in [2.05, 4.69) is 5.32 Å². The second kappa shape index (κ2) is 12.5. The van der Waals surface area contributed by atoms with Gasteiger partial charge in [-0.05, 0) is 14.1 Å². The number of para-hydroxylation sites is 4. The summed E-state index contributed by atoms with van der Waals surface area (Å²) < 4.78 is 25.5. The Kier molecular flexibility index (Phi) is 9.11. The van der Waals surface area contributed by atoms with E-state index in [0.29, 0.717) is 23.0 Å². The minimum atomic E-state index is -4.84.